The van der Waals surface area contributed by atoms with Gasteiger partial charge < -0.3 is 10.1 Å². The molecule has 0 aliphatic carbocycles. The van der Waals surface area contributed by atoms with E-state index in [0.29, 0.717) is 19.0 Å². The summed E-state index contributed by atoms with van der Waals surface area (Å²) in [6, 6.07) is -0.0553. The van der Waals surface area contributed by atoms with Gasteiger partial charge in [0.25, 0.3) is 0 Å². The lowest BCUT2D eigenvalue weighted by molar-refractivity contribution is -0.143. The molecule has 0 aromatic carbocycles. The molecule has 1 rings (SSSR count). The fourth-order valence-electron chi connectivity index (χ4n) is 1.13. The Kier molecular flexibility index (Phi) is 5.18. The summed E-state index contributed by atoms with van der Waals surface area (Å²) in [6.07, 6.45) is 3.59. The number of carbonyl (C=O) groups excluding carboxylic acids is 1. The summed E-state index contributed by atoms with van der Waals surface area (Å²) in [5.41, 5.74) is 0. The molecule has 1 aromatic heterocycles. The van der Waals surface area contributed by atoms with E-state index in [0.717, 1.165) is 4.47 Å². The van der Waals surface area contributed by atoms with E-state index in [9.17, 15) is 4.79 Å². The van der Waals surface area contributed by atoms with Crippen LogP contribution < -0.4 is 5.32 Å². The van der Waals surface area contributed by atoms with Gasteiger partial charge in [0, 0.05) is 18.4 Å². The molecule has 0 bridgehead atoms. The van der Waals surface area contributed by atoms with Gasteiger partial charge in [-0.25, -0.2) is 9.97 Å². The number of ether oxygens (including phenoxy) is 1. The fraction of sp³-hybridized carbons (Fsp3) is 0.500. The summed E-state index contributed by atoms with van der Waals surface area (Å²) in [4.78, 5) is 19.3. The van der Waals surface area contributed by atoms with Crippen LogP contribution >= 0.6 is 15.9 Å². The van der Waals surface area contributed by atoms with Crippen molar-refractivity contribution in [3.8, 4) is 0 Å². The largest absolute Gasteiger partial charge is 0.466 e. The van der Waals surface area contributed by atoms with Crippen LogP contribution in [0.5, 0.6) is 0 Å². The third-order valence-electron chi connectivity index (χ3n) is 1.77. The van der Waals surface area contributed by atoms with E-state index in [1.54, 1.807) is 19.3 Å². The highest BCUT2D eigenvalue weighted by molar-refractivity contribution is 9.10. The van der Waals surface area contributed by atoms with Crippen molar-refractivity contribution < 1.29 is 9.53 Å². The maximum Gasteiger partial charge on any atom is 0.307 e. The lowest BCUT2D eigenvalue weighted by Crippen LogP contribution is -2.22. The summed E-state index contributed by atoms with van der Waals surface area (Å²) in [5.74, 6) is 0.277. The second-order valence-corrected chi connectivity index (χ2v) is 4.20. The molecular formula is C10H14BrN3O2. The molecule has 5 nitrogen and oxygen atoms in total. The molecule has 1 heterocycles. The average Bonchev–Trinajstić information content (AvgIpc) is 2.21. The summed E-state index contributed by atoms with van der Waals surface area (Å²) >= 11 is 3.25. The molecule has 6 heteroatoms. The molecule has 0 amide bonds. The number of hydrogen-bond donors (Lipinski definition) is 1. The number of hydrogen-bond acceptors (Lipinski definition) is 5. The number of carbonyl (C=O) groups is 1. The molecule has 0 spiro atoms. The molecule has 1 N–H and O–H groups in total. The van der Waals surface area contributed by atoms with Crippen LogP contribution in [0.1, 0.15) is 20.3 Å². The lowest BCUT2D eigenvalue weighted by Gasteiger charge is -2.12. The zero-order chi connectivity index (χ0) is 12.0. The van der Waals surface area contributed by atoms with Crippen LogP contribution in [-0.4, -0.2) is 28.6 Å². The first-order valence-corrected chi connectivity index (χ1v) is 5.80. The predicted octanol–water partition coefficient (Wildman–Crippen LogP) is 1.99. The van der Waals surface area contributed by atoms with Gasteiger partial charge in [-0.1, -0.05) is 0 Å². The van der Waals surface area contributed by atoms with E-state index in [1.165, 1.54) is 0 Å². The third kappa shape index (κ3) is 4.57. The minimum absolute atomic E-state index is 0.0553. The van der Waals surface area contributed by atoms with Gasteiger partial charge in [0.05, 0.1) is 17.5 Å². The Bertz CT molecular complexity index is 342. The quantitative estimate of drug-likeness (QED) is 0.839. The highest BCUT2D eigenvalue weighted by atomic mass is 79.9. The smallest absolute Gasteiger partial charge is 0.307 e. The van der Waals surface area contributed by atoms with E-state index in [4.69, 9.17) is 4.74 Å². The van der Waals surface area contributed by atoms with Crippen LogP contribution in [0.15, 0.2) is 16.9 Å². The summed E-state index contributed by atoms with van der Waals surface area (Å²) in [5, 5.41) is 3.01. The maximum atomic E-state index is 11.2. The van der Waals surface area contributed by atoms with Gasteiger partial charge in [0.1, 0.15) is 0 Å². The number of anilines is 1. The van der Waals surface area contributed by atoms with Gasteiger partial charge in [-0.05, 0) is 29.8 Å². The Labute approximate surface area is 103 Å². The van der Waals surface area contributed by atoms with E-state index in [2.05, 4.69) is 31.2 Å². The van der Waals surface area contributed by atoms with Crippen molar-refractivity contribution in [2.45, 2.75) is 26.3 Å². The molecule has 1 aromatic rings. The zero-order valence-corrected chi connectivity index (χ0v) is 10.8. The SMILES string of the molecule is CCOC(=O)CC(C)Nc1ncc(Br)cn1. The van der Waals surface area contributed by atoms with Crippen LogP contribution in [0, 0.1) is 0 Å². The minimum atomic E-state index is -0.223. The fourth-order valence-corrected chi connectivity index (χ4v) is 1.33. The van der Waals surface area contributed by atoms with Crippen LogP contribution in [0.4, 0.5) is 5.95 Å². The van der Waals surface area contributed by atoms with E-state index < -0.39 is 0 Å². The highest BCUT2D eigenvalue weighted by Crippen LogP contribution is 2.08. The highest BCUT2D eigenvalue weighted by Gasteiger charge is 2.10. The minimum Gasteiger partial charge on any atom is -0.466 e. The molecule has 16 heavy (non-hydrogen) atoms. The van der Waals surface area contributed by atoms with Gasteiger partial charge in [-0.15, -0.1) is 0 Å². The second-order valence-electron chi connectivity index (χ2n) is 3.28. The third-order valence-corrected chi connectivity index (χ3v) is 2.18. The maximum absolute atomic E-state index is 11.2. The first kappa shape index (κ1) is 12.9. The molecule has 0 aliphatic rings. The van der Waals surface area contributed by atoms with E-state index in [1.807, 2.05) is 6.92 Å². The summed E-state index contributed by atoms with van der Waals surface area (Å²) in [6.45, 7) is 4.07. The Morgan fingerprint density at radius 2 is 2.19 bits per heavy atom. The number of esters is 1. The Morgan fingerprint density at radius 1 is 1.56 bits per heavy atom. The van der Waals surface area contributed by atoms with Crippen molar-refractivity contribution in [1.82, 2.24) is 9.97 Å². The molecule has 0 aliphatic heterocycles. The molecule has 88 valence electrons. The topological polar surface area (TPSA) is 64.1 Å². The van der Waals surface area contributed by atoms with Crippen molar-refractivity contribution in [1.29, 1.82) is 0 Å². The Hall–Kier alpha value is -1.17. The van der Waals surface area contributed by atoms with Crippen molar-refractivity contribution in [3.05, 3.63) is 16.9 Å². The van der Waals surface area contributed by atoms with Crippen LogP contribution in [0.2, 0.25) is 0 Å². The summed E-state index contributed by atoms with van der Waals surface area (Å²) in [7, 11) is 0. The molecular weight excluding hydrogens is 274 g/mol. The molecule has 0 saturated carbocycles. The summed E-state index contributed by atoms with van der Waals surface area (Å²) < 4.78 is 5.66. The van der Waals surface area contributed by atoms with Gasteiger partial charge in [-0.2, -0.15) is 0 Å². The normalized spacial score (nSPS) is 11.9. The number of halogens is 1. The van der Waals surface area contributed by atoms with E-state index >= 15 is 0 Å². The number of nitrogens with one attached hydrogen (secondary N) is 1. The van der Waals surface area contributed by atoms with Crippen molar-refractivity contribution in [2.24, 2.45) is 0 Å². The second kappa shape index (κ2) is 6.42. The first-order valence-electron chi connectivity index (χ1n) is 5.01. The Balaban J connectivity index is 2.42. The van der Waals surface area contributed by atoms with Gasteiger partial charge in [0.15, 0.2) is 0 Å². The average molecular weight is 288 g/mol. The first-order chi connectivity index (χ1) is 7.61. The number of aromatic nitrogens is 2. The van der Waals surface area contributed by atoms with Crippen molar-refractivity contribution in [2.75, 3.05) is 11.9 Å². The molecule has 0 saturated heterocycles. The van der Waals surface area contributed by atoms with E-state index in [-0.39, 0.29) is 12.0 Å². The number of nitrogens with zero attached hydrogens (tertiary/aromatic N) is 2. The van der Waals surface area contributed by atoms with Crippen LogP contribution in [-0.2, 0) is 9.53 Å². The van der Waals surface area contributed by atoms with Crippen molar-refractivity contribution in [3.63, 3.8) is 0 Å². The predicted molar refractivity (Wildman–Crippen MR) is 64.1 cm³/mol. The van der Waals surface area contributed by atoms with Gasteiger partial charge >= 0.3 is 5.97 Å². The van der Waals surface area contributed by atoms with Crippen LogP contribution in [0.3, 0.4) is 0 Å². The molecule has 0 radical (unpaired) electrons. The Morgan fingerprint density at radius 3 is 2.75 bits per heavy atom. The van der Waals surface area contributed by atoms with Gasteiger partial charge in [-0.3, -0.25) is 4.79 Å². The standard InChI is InChI=1S/C10H14BrN3O2/c1-3-16-9(15)4-7(2)14-10-12-5-8(11)6-13-10/h5-7H,3-4H2,1-2H3,(H,12,13,14). The zero-order valence-electron chi connectivity index (χ0n) is 9.24. The number of rotatable bonds is 5. The monoisotopic (exact) mass is 287 g/mol. The van der Waals surface area contributed by atoms with Crippen LogP contribution in [0.25, 0.3) is 0 Å². The molecule has 1 unspecified atom stereocenters. The molecule has 1 atom stereocenters. The molecule has 0 fully saturated rings. The lowest BCUT2D eigenvalue weighted by atomic mass is 10.2. The van der Waals surface area contributed by atoms with Gasteiger partial charge in [0.2, 0.25) is 5.95 Å². The van der Waals surface area contributed by atoms with Crippen molar-refractivity contribution >= 4 is 27.8 Å².